The van der Waals surface area contributed by atoms with Gasteiger partial charge in [-0.3, -0.25) is 4.79 Å². The third kappa shape index (κ3) is 19.3. The Balaban J connectivity index is 1.73. The highest BCUT2D eigenvalue weighted by Crippen LogP contribution is 2.45. The third-order valence-corrected chi connectivity index (χ3v) is 11.3. The molecule has 306 valence electrons. The van der Waals surface area contributed by atoms with Crippen molar-refractivity contribution in [2.24, 2.45) is 11.8 Å². The Morgan fingerprint density at radius 3 is 1.63 bits per heavy atom. The Bertz CT molecular complexity index is 924. The number of carboxylic acid groups (broad SMARTS) is 1. The quantitative estimate of drug-likeness (QED) is 0.0365. The zero-order valence-corrected chi connectivity index (χ0v) is 32.7. The number of aliphatic hydroxyl groups excluding tert-OH is 5. The minimum atomic E-state index is -1.86. The van der Waals surface area contributed by atoms with E-state index in [0.717, 1.165) is 56.8 Å². The van der Waals surface area contributed by atoms with Crippen molar-refractivity contribution in [2.75, 3.05) is 6.61 Å². The van der Waals surface area contributed by atoms with Crippen LogP contribution in [0.1, 0.15) is 181 Å². The minimum Gasteiger partial charge on any atom is -0.479 e. The maximum absolute atomic E-state index is 13.0. The van der Waals surface area contributed by atoms with Crippen LogP contribution in [0.4, 0.5) is 0 Å². The van der Waals surface area contributed by atoms with Crippen LogP contribution in [0, 0.1) is 11.8 Å². The highest BCUT2D eigenvalue weighted by Gasteiger charge is 2.47. The zero-order chi connectivity index (χ0) is 38.1. The van der Waals surface area contributed by atoms with E-state index in [1.807, 2.05) is 0 Å². The number of carbonyl (C=O) groups is 2. The number of ether oxygens (including phenoxy) is 2. The van der Waals surface area contributed by atoms with E-state index >= 15 is 0 Å². The van der Waals surface area contributed by atoms with Gasteiger partial charge in [-0.05, 0) is 31.1 Å². The summed E-state index contributed by atoms with van der Waals surface area (Å²) in [6.07, 6.45) is 18.2. The van der Waals surface area contributed by atoms with Gasteiger partial charge in [0.2, 0.25) is 5.91 Å². The van der Waals surface area contributed by atoms with E-state index in [4.69, 9.17) is 9.47 Å². The van der Waals surface area contributed by atoms with E-state index < -0.39 is 60.8 Å². The van der Waals surface area contributed by atoms with Crippen LogP contribution in [0.3, 0.4) is 0 Å². The number of carboxylic acids is 1. The molecule has 52 heavy (non-hydrogen) atoms. The van der Waals surface area contributed by atoms with Crippen molar-refractivity contribution in [3.05, 3.63) is 0 Å². The molecule has 1 aliphatic heterocycles. The Morgan fingerprint density at radius 2 is 1.12 bits per heavy atom. The molecule has 0 spiro atoms. The van der Waals surface area contributed by atoms with E-state index in [0.29, 0.717) is 19.3 Å². The second-order valence-electron chi connectivity index (χ2n) is 15.9. The van der Waals surface area contributed by atoms with Gasteiger partial charge in [0, 0.05) is 0 Å². The van der Waals surface area contributed by atoms with Crippen LogP contribution in [0.25, 0.3) is 0 Å². The van der Waals surface area contributed by atoms with Crippen LogP contribution in [0.5, 0.6) is 0 Å². The lowest BCUT2D eigenvalue weighted by atomic mass is 9.99. The number of nitrogens with one attached hydrogen (secondary N) is 1. The molecule has 2 rings (SSSR count). The van der Waals surface area contributed by atoms with Gasteiger partial charge in [0.05, 0.1) is 18.8 Å². The van der Waals surface area contributed by atoms with E-state index in [9.17, 15) is 40.2 Å². The number of aliphatic hydroxyl groups is 5. The van der Waals surface area contributed by atoms with Crippen LogP contribution in [-0.2, 0) is 19.1 Å². The van der Waals surface area contributed by atoms with Crippen LogP contribution < -0.4 is 5.32 Å². The first-order valence-electron chi connectivity index (χ1n) is 21.3. The van der Waals surface area contributed by atoms with Crippen molar-refractivity contribution in [1.82, 2.24) is 5.32 Å². The maximum atomic E-state index is 13.0. The molecule has 11 nitrogen and oxygen atoms in total. The summed E-state index contributed by atoms with van der Waals surface area (Å²) in [5.74, 6) is -0.223. The largest absolute Gasteiger partial charge is 0.479 e. The molecule has 1 saturated heterocycles. The molecule has 10 atom stereocenters. The lowest BCUT2D eigenvalue weighted by Gasteiger charge is -2.39. The molecular formula is C41H77NO10. The van der Waals surface area contributed by atoms with Gasteiger partial charge < -0.3 is 45.4 Å². The van der Waals surface area contributed by atoms with E-state index in [-0.39, 0.29) is 6.61 Å². The van der Waals surface area contributed by atoms with Crippen molar-refractivity contribution in [2.45, 2.75) is 230 Å². The van der Waals surface area contributed by atoms with Crippen molar-refractivity contribution in [3.8, 4) is 0 Å². The zero-order valence-electron chi connectivity index (χ0n) is 32.7. The van der Waals surface area contributed by atoms with Crippen LogP contribution in [-0.4, -0.2) is 98.1 Å². The third-order valence-electron chi connectivity index (χ3n) is 11.3. The molecule has 0 bridgehead atoms. The minimum absolute atomic E-state index is 0.293. The molecule has 1 saturated carbocycles. The standard InChI is InChI=1S/C41H77NO10/c1-3-5-7-9-10-11-12-15-19-23-27-34(44)39(48)42-32(29-51-41-37(47)35(45)36(46)38(52-41)40(49)50)33(43)26-22-18-16-13-14-17-21-25-31-28-30(31)24-20-8-6-4-2/h30-38,41,43-47H,3-29H2,1-2H3,(H,42,48)(H,49,50)/t30?,31?,32?,33?,34-,35-,36-,37+,38-,41-/m0/s1. The van der Waals surface area contributed by atoms with E-state index in [1.54, 1.807) is 0 Å². The summed E-state index contributed by atoms with van der Waals surface area (Å²) in [5.41, 5.74) is 0. The van der Waals surface area contributed by atoms with Gasteiger partial charge in [0.25, 0.3) is 0 Å². The number of hydrogen-bond acceptors (Lipinski definition) is 9. The number of aliphatic carboxylic acids is 1. The number of unbranched alkanes of at least 4 members (excludes halogenated alkanes) is 18. The molecule has 1 amide bonds. The molecular weight excluding hydrogens is 666 g/mol. The molecule has 11 heteroatoms. The topological polar surface area (TPSA) is 186 Å². The van der Waals surface area contributed by atoms with Gasteiger partial charge in [-0.2, -0.15) is 0 Å². The summed E-state index contributed by atoms with van der Waals surface area (Å²) in [7, 11) is 0. The fourth-order valence-corrected chi connectivity index (χ4v) is 7.57. The number of amides is 1. The predicted molar refractivity (Wildman–Crippen MR) is 203 cm³/mol. The van der Waals surface area contributed by atoms with Crippen LogP contribution in [0.2, 0.25) is 0 Å². The highest BCUT2D eigenvalue weighted by molar-refractivity contribution is 5.80. The second-order valence-corrected chi connectivity index (χ2v) is 15.9. The molecule has 7 N–H and O–H groups in total. The van der Waals surface area contributed by atoms with Crippen molar-refractivity contribution in [3.63, 3.8) is 0 Å². The molecule has 0 aromatic heterocycles. The van der Waals surface area contributed by atoms with Crippen LogP contribution in [0.15, 0.2) is 0 Å². The number of rotatable bonds is 33. The molecule has 4 unspecified atom stereocenters. The molecule has 2 fully saturated rings. The van der Waals surface area contributed by atoms with E-state index in [2.05, 4.69) is 19.2 Å². The fraction of sp³-hybridized carbons (Fsp3) is 0.951. The van der Waals surface area contributed by atoms with Crippen molar-refractivity contribution in [1.29, 1.82) is 0 Å². The summed E-state index contributed by atoms with van der Waals surface area (Å²) in [6.45, 7) is 4.10. The van der Waals surface area contributed by atoms with Gasteiger partial charge in [-0.25, -0.2) is 4.79 Å². The lowest BCUT2D eigenvalue weighted by molar-refractivity contribution is -0.295. The first kappa shape index (κ1) is 46.8. The highest BCUT2D eigenvalue weighted by atomic mass is 16.7. The predicted octanol–water partition coefficient (Wildman–Crippen LogP) is 6.53. The molecule has 1 heterocycles. The number of hydrogen-bond donors (Lipinski definition) is 7. The summed E-state index contributed by atoms with van der Waals surface area (Å²) in [6, 6.07) is -0.976. The summed E-state index contributed by atoms with van der Waals surface area (Å²) >= 11 is 0. The molecule has 0 aromatic carbocycles. The lowest BCUT2D eigenvalue weighted by Crippen LogP contribution is -2.61. The molecule has 0 radical (unpaired) electrons. The SMILES string of the molecule is CCCCCCCCCCCC[C@H](O)C(=O)NC(CO[C@H]1O[C@H](C(=O)O)[C@@H](O)[C@H](O)[C@H]1O)C(O)CCCCCCCCCC1CC1CCCCCC. The summed E-state index contributed by atoms with van der Waals surface area (Å²) in [4.78, 5) is 24.5. The van der Waals surface area contributed by atoms with Gasteiger partial charge in [-0.15, -0.1) is 0 Å². The fourth-order valence-electron chi connectivity index (χ4n) is 7.57. The average Bonchev–Trinajstić information content (AvgIpc) is 3.88. The van der Waals surface area contributed by atoms with Crippen LogP contribution >= 0.6 is 0 Å². The molecule has 2 aliphatic rings. The maximum Gasteiger partial charge on any atom is 0.335 e. The molecule has 1 aliphatic carbocycles. The first-order chi connectivity index (χ1) is 25.1. The van der Waals surface area contributed by atoms with Crippen molar-refractivity contribution >= 4 is 11.9 Å². The Labute approximate surface area is 314 Å². The summed E-state index contributed by atoms with van der Waals surface area (Å²) in [5, 5.41) is 64.3. The van der Waals surface area contributed by atoms with Gasteiger partial charge >= 0.3 is 5.97 Å². The van der Waals surface area contributed by atoms with Gasteiger partial charge in [0.15, 0.2) is 12.4 Å². The van der Waals surface area contributed by atoms with Gasteiger partial charge in [0.1, 0.15) is 24.4 Å². The number of carbonyl (C=O) groups excluding carboxylic acids is 1. The molecule has 0 aromatic rings. The second kappa shape index (κ2) is 28.1. The smallest absolute Gasteiger partial charge is 0.335 e. The normalized spacial score (nSPS) is 26.2. The summed E-state index contributed by atoms with van der Waals surface area (Å²) < 4.78 is 10.8. The first-order valence-corrected chi connectivity index (χ1v) is 21.3. The monoisotopic (exact) mass is 744 g/mol. The van der Waals surface area contributed by atoms with E-state index in [1.165, 1.54) is 103 Å². The average molecular weight is 744 g/mol. The Kier molecular flexibility index (Phi) is 25.3. The van der Waals surface area contributed by atoms with Crippen molar-refractivity contribution < 1.29 is 49.7 Å². The Morgan fingerprint density at radius 1 is 0.654 bits per heavy atom. The Hall–Kier alpha value is -1.34. The van der Waals surface area contributed by atoms with Gasteiger partial charge in [-0.1, -0.05) is 162 Å².